The van der Waals surface area contributed by atoms with Crippen LogP contribution in [0.2, 0.25) is 0 Å². The van der Waals surface area contributed by atoms with Crippen molar-refractivity contribution in [3.8, 4) is 23.3 Å². The molecule has 0 radical (unpaired) electrons. The fourth-order valence-electron chi connectivity index (χ4n) is 1.71. The van der Waals surface area contributed by atoms with Crippen LogP contribution in [0.1, 0.15) is 22.8 Å². The minimum atomic E-state index is -0.530. The number of hydrogen-bond donors (Lipinski definition) is 1. The molecule has 0 saturated heterocycles. The minimum Gasteiger partial charge on any atom is -0.508 e. The highest BCUT2D eigenvalue weighted by Gasteiger charge is 2.10. The second-order valence-corrected chi connectivity index (χ2v) is 4.17. The summed E-state index contributed by atoms with van der Waals surface area (Å²) in [5, 5.41) is 18.4. The van der Waals surface area contributed by atoms with E-state index in [1.54, 1.807) is 31.2 Å². The number of aromatic hydroxyl groups is 1. The van der Waals surface area contributed by atoms with E-state index in [1.807, 2.05) is 6.07 Å². The number of carbonyl (C=O) groups excluding carboxylic acids is 1. The van der Waals surface area contributed by atoms with Gasteiger partial charge in [0.15, 0.2) is 0 Å². The van der Waals surface area contributed by atoms with Gasteiger partial charge in [0.05, 0.1) is 23.8 Å². The monoisotopic (exact) mass is 283 g/mol. The smallest absolute Gasteiger partial charge is 0.338 e. The van der Waals surface area contributed by atoms with Crippen LogP contribution in [0.25, 0.3) is 0 Å². The van der Waals surface area contributed by atoms with E-state index in [1.165, 1.54) is 18.2 Å². The van der Waals surface area contributed by atoms with E-state index < -0.39 is 5.97 Å². The first kappa shape index (κ1) is 14.4. The summed E-state index contributed by atoms with van der Waals surface area (Å²) >= 11 is 0. The average Bonchev–Trinajstić information content (AvgIpc) is 2.47. The topological polar surface area (TPSA) is 79.6 Å². The van der Waals surface area contributed by atoms with Gasteiger partial charge in [-0.1, -0.05) is 0 Å². The summed E-state index contributed by atoms with van der Waals surface area (Å²) in [5.74, 6) is 0.180. The van der Waals surface area contributed by atoms with Gasteiger partial charge in [0.25, 0.3) is 0 Å². The van der Waals surface area contributed by atoms with Gasteiger partial charge in [-0.05, 0) is 43.3 Å². The molecule has 0 spiro atoms. The molecular formula is C16H13NO4. The quantitative estimate of drug-likeness (QED) is 0.871. The highest BCUT2D eigenvalue weighted by molar-refractivity contribution is 5.90. The second kappa shape index (κ2) is 6.44. The Labute approximate surface area is 122 Å². The van der Waals surface area contributed by atoms with Gasteiger partial charge < -0.3 is 14.6 Å². The second-order valence-electron chi connectivity index (χ2n) is 4.17. The minimum absolute atomic E-state index is 0.0933. The number of phenols is 1. The lowest BCUT2D eigenvalue weighted by Crippen LogP contribution is -2.04. The van der Waals surface area contributed by atoms with E-state index in [0.717, 1.165) is 0 Å². The highest BCUT2D eigenvalue weighted by atomic mass is 16.5. The van der Waals surface area contributed by atoms with Gasteiger partial charge in [-0.2, -0.15) is 5.26 Å². The molecular weight excluding hydrogens is 270 g/mol. The Bertz CT molecular complexity index is 686. The molecule has 5 heteroatoms. The maximum absolute atomic E-state index is 11.7. The Balaban J connectivity index is 2.23. The highest BCUT2D eigenvalue weighted by Crippen LogP contribution is 2.27. The van der Waals surface area contributed by atoms with Crippen molar-refractivity contribution < 1.29 is 19.4 Å². The van der Waals surface area contributed by atoms with Gasteiger partial charge in [-0.3, -0.25) is 0 Å². The Morgan fingerprint density at radius 2 is 1.90 bits per heavy atom. The van der Waals surface area contributed by atoms with Crippen LogP contribution in [0.3, 0.4) is 0 Å². The Kier molecular flexibility index (Phi) is 4.42. The molecule has 0 aliphatic heterocycles. The van der Waals surface area contributed by atoms with E-state index in [0.29, 0.717) is 17.1 Å². The van der Waals surface area contributed by atoms with Gasteiger partial charge in [-0.15, -0.1) is 0 Å². The van der Waals surface area contributed by atoms with Gasteiger partial charge in [0.1, 0.15) is 17.2 Å². The summed E-state index contributed by atoms with van der Waals surface area (Å²) in [7, 11) is 0. The largest absolute Gasteiger partial charge is 0.508 e. The maximum Gasteiger partial charge on any atom is 0.338 e. The van der Waals surface area contributed by atoms with Crippen LogP contribution in [-0.2, 0) is 4.74 Å². The lowest BCUT2D eigenvalue weighted by Gasteiger charge is -2.08. The van der Waals surface area contributed by atoms with Crippen LogP contribution in [0.15, 0.2) is 42.5 Å². The number of esters is 1. The van der Waals surface area contributed by atoms with E-state index in [2.05, 4.69) is 0 Å². The van der Waals surface area contributed by atoms with Crippen LogP contribution in [-0.4, -0.2) is 17.7 Å². The summed E-state index contributed by atoms with van der Waals surface area (Å²) in [5.41, 5.74) is 0.728. The molecule has 2 rings (SSSR count). The van der Waals surface area contributed by atoms with Crippen molar-refractivity contribution in [1.82, 2.24) is 0 Å². The summed E-state index contributed by atoms with van der Waals surface area (Å²) in [6, 6.07) is 12.7. The predicted molar refractivity (Wildman–Crippen MR) is 75.3 cm³/mol. The summed E-state index contributed by atoms with van der Waals surface area (Å²) in [6.45, 7) is 1.95. The Morgan fingerprint density at radius 3 is 2.52 bits per heavy atom. The van der Waals surface area contributed by atoms with E-state index in [-0.39, 0.29) is 17.9 Å². The fourth-order valence-corrected chi connectivity index (χ4v) is 1.71. The van der Waals surface area contributed by atoms with Crippen LogP contribution >= 0.6 is 0 Å². The first-order chi connectivity index (χ1) is 10.1. The lowest BCUT2D eigenvalue weighted by molar-refractivity contribution is 0.0525. The first-order valence-electron chi connectivity index (χ1n) is 6.31. The molecule has 0 aromatic heterocycles. The van der Waals surface area contributed by atoms with Crippen molar-refractivity contribution in [2.45, 2.75) is 6.92 Å². The molecule has 0 heterocycles. The van der Waals surface area contributed by atoms with E-state index >= 15 is 0 Å². The predicted octanol–water partition coefficient (Wildman–Crippen LogP) is 3.23. The van der Waals surface area contributed by atoms with E-state index in [9.17, 15) is 9.90 Å². The molecule has 106 valence electrons. The standard InChI is InChI=1S/C16H13NO4/c1-2-20-16(19)12-7-13(18)9-15(8-12)21-14-5-3-11(10-17)4-6-14/h3-9,18H,2H2,1H3. The molecule has 2 aromatic rings. The molecule has 0 bridgehead atoms. The third-order valence-electron chi connectivity index (χ3n) is 2.62. The Hall–Kier alpha value is -3.00. The van der Waals surface area contributed by atoms with Crippen molar-refractivity contribution in [2.75, 3.05) is 6.61 Å². The zero-order chi connectivity index (χ0) is 15.2. The number of phenolic OH excluding ortho intramolecular Hbond substituents is 1. The number of nitriles is 1. The number of nitrogens with zero attached hydrogens (tertiary/aromatic N) is 1. The third kappa shape index (κ3) is 3.74. The molecule has 0 aliphatic carbocycles. The van der Waals surface area contributed by atoms with Crippen LogP contribution < -0.4 is 4.74 Å². The molecule has 0 amide bonds. The summed E-state index contributed by atoms with van der Waals surface area (Å²) in [6.07, 6.45) is 0. The average molecular weight is 283 g/mol. The lowest BCUT2D eigenvalue weighted by atomic mass is 10.2. The molecule has 2 aromatic carbocycles. The normalized spacial score (nSPS) is 9.71. The van der Waals surface area contributed by atoms with Crippen molar-refractivity contribution in [3.05, 3.63) is 53.6 Å². The van der Waals surface area contributed by atoms with Gasteiger partial charge >= 0.3 is 5.97 Å². The van der Waals surface area contributed by atoms with Gasteiger partial charge in [0, 0.05) is 6.07 Å². The van der Waals surface area contributed by atoms with Crippen LogP contribution in [0.4, 0.5) is 0 Å². The molecule has 0 fully saturated rings. The van der Waals surface area contributed by atoms with Crippen LogP contribution in [0, 0.1) is 11.3 Å². The van der Waals surface area contributed by atoms with Crippen LogP contribution in [0.5, 0.6) is 17.2 Å². The first-order valence-corrected chi connectivity index (χ1v) is 6.31. The number of hydrogen-bond acceptors (Lipinski definition) is 5. The molecule has 0 aliphatic rings. The number of rotatable bonds is 4. The molecule has 0 unspecified atom stereocenters. The zero-order valence-electron chi connectivity index (χ0n) is 11.4. The fraction of sp³-hybridized carbons (Fsp3) is 0.125. The van der Waals surface area contributed by atoms with Crippen molar-refractivity contribution in [2.24, 2.45) is 0 Å². The molecule has 1 N–H and O–H groups in total. The van der Waals surface area contributed by atoms with Gasteiger partial charge in [-0.25, -0.2) is 4.79 Å². The van der Waals surface area contributed by atoms with Gasteiger partial charge in [0.2, 0.25) is 0 Å². The van der Waals surface area contributed by atoms with E-state index in [4.69, 9.17) is 14.7 Å². The van der Waals surface area contributed by atoms with Crippen molar-refractivity contribution in [1.29, 1.82) is 5.26 Å². The zero-order valence-corrected chi connectivity index (χ0v) is 11.4. The molecule has 0 saturated carbocycles. The Morgan fingerprint density at radius 1 is 1.19 bits per heavy atom. The van der Waals surface area contributed by atoms with Crippen molar-refractivity contribution in [3.63, 3.8) is 0 Å². The molecule has 0 atom stereocenters. The summed E-state index contributed by atoms with van der Waals surface area (Å²) in [4.78, 5) is 11.7. The summed E-state index contributed by atoms with van der Waals surface area (Å²) < 4.78 is 10.4. The number of ether oxygens (including phenoxy) is 2. The van der Waals surface area contributed by atoms with Crippen molar-refractivity contribution >= 4 is 5.97 Å². The number of carbonyl (C=O) groups is 1. The molecule has 5 nitrogen and oxygen atoms in total. The number of benzene rings is 2. The maximum atomic E-state index is 11.7. The third-order valence-corrected chi connectivity index (χ3v) is 2.62. The molecule has 21 heavy (non-hydrogen) atoms. The SMILES string of the molecule is CCOC(=O)c1cc(O)cc(Oc2ccc(C#N)cc2)c1.